The second kappa shape index (κ2) is 9.99. The quantitative estimate of drug-likeness (QED) is 0.733. The van der Waals surface area contributed by atoms with Gasteiger partial charge in [-0.1, -0.05) is 29.8 Å². The van der Waals surface area contributed by atoms with Crippen LogP contribution in [0, 0.1) is 24.7 Å². The van der Waals surface area contributed by atoms with E-state index in [1.165, 1.54) is 17.5 Å². The molecule has 1 aromatic rings. The molecule has 0 radical (unpaired) electrons. The summed E-state index contributed by atoms with van der Waals surface area (Å²) in [5.41, 5.74) is 2.72. The number of hydrogen-bond acceptors (Lipinski definition) is 4. The van der Waals surface area contributed by atoms with Gasteiger partial charge in [0.1, 0.15) is 0 Å². The molecule has 1 aromatic carbocycles. The molecular weight excluding hydrogens is 413 g/mol. The van der Waals surface area contributed by atoms with Gasteiger partial charge in [-0.05, 0) is 44.2 Å². The van der Waals surface area contributed by atoms with E-state index in [1.54, 1.807) is 0 Å². The highest BCUT2D eigenvalue weighted by atomic mass is 19.4. The molecule has 2 heterocycles. The number of nitrogens with one attached hydrogen (secondary N) is 1. The Labute approximate surface area is 179 Å². The third kappa shape index (κ3) is 6.93. The van der Waals surface area contributed by atoms with Crippen LogP contribution in [-0.2, 0) is 20.9 Å². The maximum Gasteiger partial charge on any atom is 0.490 e. The number of fused-ring (bicyclic) bond motifs is 1. The predicted molar refractivity (Wildman–Crippen MR) is 107 cm³/mol. The number of benzene rings is 1. The largest absolute Gasteiger partial charge is 0.490 e. The van der Waals surface area contributed by atoms with E-state index in [-0.39, 0.29) is 17.9 Å². The SMILES string of the molecule is Cc1cccc(CN2CC[C@@H]3CO[C@@H](CNC(=O)C4CC4)[C@@H]3C2)c1.O=C(O)C(F)(F)F. The van der Waals surface area contributed by atoms with Crippen LogP contribution in [0.25, 0.3) is 0 Å². The first-order valence-corrected chi connectivity index (χ1v) is 10.6. The minimum Gasteiger partial charge on any atom is -0.475 e. The number of carbonyl (C=O) groups is 2. The van der Waals surface area contributed by atoms with Crippen molar-refractivity contribution in [3.63, 3.8) is 0 Å². The van der Waals surface area contributed by atoms with Crippen LogP contribution in [0.5, 0.6) is 0 Å². The van der Waals surface area contributed by atoms with Gasteiger partial charge in [-0.15, -0.1) is 0 Å². The van der Waals surface area contributed by atoms with E-state index in [0.29, 0.717) is 18.4 Å². The lowest BCUT2D eigenvalue weighted by atomic mass is 9.84. The molecule has 1 saturated carbocycles. The van der Waals surface area contributed by atoms with Crippen LogP contribution in [-0.4, -0.2) is 60.4 Å². The van der Waals surface area contributed by atoms with Crippen molar-refractivity contribution in [2.24, 2.45) is 17.8 Å². The number of carboxylic acids is 1. The number of likely N-dealkylation sites (tertiary alicyclic amines) is 1. The van der Waals surface area contributed by atoms with Gasteiger partial charge in [-0.3, -0.25) is 9.69 Å². The summed E-state index contributed by atoms with van der Waals surface area (Å²) < 4.78 is 37.8. The molecule has 31 heavy (non-hydrogen) atoms. The average molecular weight is 442 g/mol. The number of piperidine rings is 1. The first-order chi connectivity index (χ1) is 14.6. The first-order valence-electron chi connectivity index (χ1n) is 10.6. The van der Waals surface area contributed by atoms with Crippen LogP contribution in [0.15, 0.2) is 24.3 Å². The molecule has 1 aliphatic carbocycles. The number of aliphatic carboxylic acids is 1. The number of nitrogens with zero attached hydrogens (tertiary/aromatic N) is 1. The fourth-order valence-electron chi connectivity index (χ4n) is 4.21. The summed E-state index contributed by atoms with van der Waals surface area (Å²) in [5.74, 6) is -1.02. The smallest absolute Gasteiger partial charge is 0.475 e. The zero-order valence-corrected chi connectivity index (χ0v) is 17.5. The molecule has 9 heteroatoms. The van der Waals surface area contributed by atoms with E-state index in [1.807, 2.05) is 0 Å². The molecule has 2 aliphatic heterocycles. The molecule has 3 aliphatic rings. The summed E-state index contributed by atoms with van der Waals surface area (Å²) in [4.78, 5) is 23.3. The van der Waals surface area contributed by atoms with Gasteiger partial charge in [0, 0.05) is 31.5 Å². The van der Waals surface area contributed by atoms with Crippen molar-refractivity contribution >= 4 is 11.9 Å². The number of carbonyl (C=O) groups excluding carboxylic acids is 1. The Bertz CT molecular complexity index is 782. The molecule has 2 saturated heterocycles. The molecule has 6 nitrogen and oxygen atoms in total. The molecule has 0 aromatic heterocycles. The topological polar surface area (TPSA) is 78.9 Å². The molecule has 1 amide bonds. The van der Waals surface area contributed by atoms with Crippen LogP contribution in [0.2, 0.25) is 0 Å². The van der Waals surface area contributed by atoms with Crippen molar-refractivity contribution in [2.75, 3.05) is 26.2 Å². The maximum absolute atomic E-state index is 11.9. The molecule has 2 N–H and O–H groups in total. The predicted octanol–water partition coefficient (Wildman–Crippen LogP) is 2.99. The van der Waals surface area contributed by atoms with Gasteiger partial charge in [-0.25, -0.2) is 4.79 Å². The lowest BCUT2D eigenvalue weighted by molar-refractivity contribution is -0.192. The zero-order valence-electron chi connectivity index (χ0n) is 17.5. The van der Waals surface area contributed by atoms with E-state index in [9.17, 15) is 18.0 Å². The number of alkyl halides is 3. The monoisotopic (exact) mass is 442 g/mol. The van der Waals surface area contributed by atoms with Gasteiger partial charge in [-0.2, -0.15) is 13.2 Å². The highest BCUT2D eigenvalue weighted by molar-refractivity contribution is 5.80. The maximum atomic E-state index is 11.9. The Morgan fingerprint density at radius 3 is 2.58 bits per heavy atom. The molecule has 0 bridgehead atoms. The molecule has 0 unspecified atom stereocenters. The third-order valence-electron chi connectivity index (χ3n) is 6.05. The van der Waals surface area contributed by atoms with Crippen LogP contribution in [0.4, 0.5) is 13.2 Å². The van der Waals surface area contributed by atoms with Crippen molar-refractivity contribution in [3.8, 4) is 0 Å². The minimum absolute atomic E-state index is 0.193. The minimum atomic E-state index is -5.08. The van der Waals surface area contributed by atoms with Gasteiger partial charge in [0.15, 0.2) is 0 Å². The lowest BCUT2D eigenvalue weighted by Crippen LogP contribution is -2.45. The Morgan fingerprint density at radius 2 is 1.97 bits per heavy atom. The summed E-state index contributed by atoms with van der Waals surface area (Å²) in [6.07, 6.45) is -1.55. The van der Waals surface area contributed by atoms with E-state index in [4.69, 9.17) is 14.6 Å². The third-order valence-corrected chi connectivity index (χ3v) is 6.05. The number of aryl methyl sites for hydroxylation is 1. The van der Waals surface area contributed by atoms with Gasteiger partial charge in [0.25, 0.3) is 0 Å². The molecule has 4 rings (SSSR count). The number of rotatable bonds is 5. The molecule has 172 valence electrons. The van der Waals surface area contributed by atoms with E-state index in [0.717, 1.165) is 39.1 Å². The second-order valence-electron chi connectivity index (χ2n) is 8.63. The average Bonchev–Trinajstić information content (AvgIpc) is 3.47. The van der Waals surface area contributed by atoms with Gasteiger partial charge < -0.3 is 15.2 Å². The number of ether oxygens (including phenoxy) is 1. The van der Waals surface area contributed by atoms with E-state index in [2.05, 4.69) is 41.4 Å². The summed E-state index contributed by atoms with van der Waals surface area (Å²) >= 11 is 0. The summed E-state index contributed by atoms with van der Waals surface area (Å²) in [6, 6.07) is 8.80. The van der Waals surface area contributed by atoms with Gasteiger partial charge in [0.05, 0.1) is 12.7 Å². The van der Waals surface area contributed by atoms with Crippen molar-refractivity contribution in [3.05, 3.63) is 35.4 Å². The highest BCUT2D eigenvalue weighted by Gasteiger charge is 2.41. The van der Waals surface area contributed by atoms with E-state index < -0.39 is 12.1 Å². The molecular formula is C22H29F3N2O4. The van der Waals surface area contributed by atoms with Crippen LogP contribution in [0.1, 0.15) is 30.4 Å². The van der Waals surface area contributed by atoms with Crippen molar-refractivity contribution < 1.29 is 32.6 Å². The number of carboxylic acid groups (broad SMARTS) is 1. The van der Waals surface area contributed by atoms with Crippen molar-refractivity contribution in [1.82, 2.24) is 10.2 Å². The fourth-order valence-corrected chi connectivity index (χ4v) is 4.21. The zero-order chi connectivity index (χ0) is 22.6. The van der Waals surface area contributed by atoms with Gasteiger partial charge in [0.2, 0.25) is 5.91 Å². The molecule has 3 fully saturated rings. The molecule has 0 spiro atoms. The van der Waals surface area contributed by atoms with Crippen LogP contribution < -0.4 is 5.32 Å². The lowest BCUT2D eigenvalue weighted by Gasteiger charge is -2.36. The van der Waals surface area contributed by atoms with Crippen molar-refractivity contribution in [2.45, 2.75) is 45.0 Å². The second-order valence-corrected chi connectivity index (χ2v) is 8.63. The summed E-state index contributed by atoms with van der Waals surface area (Å²) in [7, 11) is 0. The summed E-state index contributed by atoms with van der Waals surface area (Å²) in [6.45, 7) is 6.97. The normalized spacial score (nSPS) is 25.9. The highest BCUT2D eigenvalue weighted by Crippen LogP contribution is 2.35. The number of hydrogen-bond donors (Lipinski definition) is 2. The number of halogens is 3. The Balaban J connectivity index is 0.000000339. The molecule has 3 atom stereocenters. The number of amides is 1. The Morgan fingerprint density at radius 1 is 1.26 bits per heavy atom. The van der Waals surface area contributed by atoms with E-state index >= 15 is 0 Å². The van der Waals surface area contributed by atoms with Gasteiger partial charge >= 0.3 is 12.1 Å². The Hall–Kier alpha value is -2.13. The first kappa shape index (κ1) is 23.5. The Kier molecular flexibility index (Phi) is 7.59. The summed E-state index contributed by atoms with van der Waals surface area (Å²) in [5, 5.41) is 10.2. The fraction of sp³-hybridized carbons (Fsp3) is 0.636. The standard InChI is InChI=1S/C20H28N2O2.C2HF3O2/c1-14-3-2-4-15(9-14)11-22-8-7-17-13-24-19(18(17)12-22)10-21-20(23)16-5-6-16;3-2(4,5)1(6)7/h2-4,9,16-19H,5-8,10-13H2,1H3,(H,21,23);(H,6,7)/t17-,18-,19+;/m1./s1. The van der Waals surface area contributed by atoms with Crippen LogP contribution in [0.3, 0.4) is 0 Å². The van der Waals surface area contributed by atoms with Crippen LogP contribution >= 0.6 is 0 Å². The van der Waals surface area contributed by atoms with Crippen molar-refractivity contribution in [1.29, 1.82) is 0 Å².